The van der Waals surface area contributed by atoms with Gasteiger partial charge in [0.2, 0.25) is 5.91 Å². The van der Waals surface area contributed by atoms with Crippen molar-refractivity contribution in [2.24, 2.45) is 5.92 Å². The average molecular weight is 483 g/mol. The monoisotopic (exact) mass is 482 g/mol. The van der Waals surface area contributed by atoms with Crippen molar-refractivity contribution >= 4 is 17.7 Å². The summed E-state index contributed by atoms with van der Waals surface area (Å²) in [6.07, 6.45) is 2.97. The molecule has 4 rings (SSSR count). The van der Waals surface area contributed by atoms with Crippen LogP contribution < -0.4 is 10.1 Å². The van der Waals surface area contributed by atoms with Crippen LogP contribution in [0.25, 0.3) is 0 Å². The lowest BCUT2D eigenvalue weighted by molar-refractivity contribution is -0.120. The maximum absolute atomic E-state index is 13.5. The fourth-order valence-electron chi connectivity index (χ4n) is 3.55. The molecule has 1 amide bonds. The molecule has 0 radical (unpaired) electrons. The predicted octanol–water partition coefficient (Wildman–Crippen LogP) is 5.33. The van der Waals surface area contributed by atoms with Gasteiger partial charge >= 0.3 is 0 Å². The molecule has 1 heterocycles. The second kappa shape index (κ2) is 11.0. The molecule has 2 aromatic carbocycles. The molecule has 34 heavy (non-hydrogen) atoms. The van der Waals surface area contributed by atoms with E-state index < -0.39 is 5.25 Å². The van der Waals surface area contributed by atoms with Crippen LogP contribution in [0, 0.1) is 11.7 Å². The molecule has 8 heteroatoms. The minimum atomic E-state index is -0.549. The Labute approximate surface area is 204 Å². The molecule has 0 bridgehead atoms. The van der Waals surface area contributed by atoms with Crippen molar-refractivity contribution in [1.29, 1.82) is 0 Å². The van der Waals surface area contributed by atoms with E-state index in [0.717, 1.165) is 30.6 Å². The minimum absolute atomic E-state index is 0.0907. The van der Waals surface area contributed by atoms with E-state index in [1.807, 2.05) is 16.7 Å². The number of thioether (sulfide) groups is 1. The molecule has 1 unspecified atom stereocenters. The molecule has 1 aliphatic rings. The number of aromatic nitrogens is 3. The van der Waals surface area contributed by atoms with E-state index in [2.05, 4.69) is 48.4 Å². The zero-order valence-corrected chi connectivity index (χ0v) is 20.6. The van der Waals surface area contributed by atoms with E-state index in [-0.39, 0.29) is 24.4 Å². The Morgan fingerprint density at radius 3 is 2.47 bits per heavy atom. The van der Waals surface area contributed by atoms with Crippen LogP contribution in [0.3, 0.4) is 0 Å². The largest absolute Gasteiger partial charge is 0.486 e. The number of carbonyl (C=O) groups is 1. The van der Waals surface area contributed by atoms with Gasteiger partial charge in [0.15, 0.2) is 11.0 Å². The minimum Gasteiger partial charge on any atom is -0.486 e. The first-order chi connectivity index (χ1) is 16.4. The fourth-order valence-corrected chi connectivity index (χ4v) is 4.63. The number of aryl methyl sites for hydroxylation is 1. The molecular formula is C26H31FN4O2S. The summed E-state index contributed by atoms with van der Waals surface area (Å²) in [4.78, 5) is 13.1. The molecule has 1 fully saturated rings. The molecule has 0 aliphatic heterocycles. The number of nitrogens with zero attached hydrogens (tertiary/aromatic N) is 3. The van der Waals surface area contributed by atoms with Crippen LogP contribution in [-0.2, 0) is 24.4 Å². The lowest BCUT2D eigenvalue weighted by Gasteiger charge is -2.18. The van der Waals surface area contributed by atoms with Crippen LogP contribution in [0.2, 0.25) is 0 Å². The molecule has 3 aromatic rings. The van der Waals surface area contributed by atoms with E-state index in [4.69, 9.17) is 4.74 Å². The number of benzene rings is 2. The molecule has 180 valence electrons. The smallest absolute Gasteiger partial charge is 0.238 e. The molecule has 6 nitrogen and oxygen atoms in total. The normalized spacial score (nSPS) is 14.3. The molecule has 1 saturated carbocycles. The summed E-state index contributed by atoms with van der Waals surface area (Å²) in [7, 11) is 0. The maximum Gasteiger partial charge on any atom is 0.238 e. The summed E-state index contributed by atoms with van der Waals surface area (Å²) >= 11 is 1.34. The summed E-state index contributed by atoms with van der Waals surface area (Å²) in [6, 6.07) is 14.4. The molecule has 0 spiro atoms. The highest BCUT2D eigenvalue weighted by Gasteiger charge is 2.31. The van der Waals surface area contributed by atoms with Crippen molar-refractivity contribution in [3.05, 3.63) is 71.3 Å². The predicted molar refractivity (Wildman–Crippen MR) is 131 cm³/mol. The number of hydrogen-bond acceptors (Lipinski definition) is 5. The Kier molecular flexibility index (Phi) is 7.88. The fraction of sp³-hybridized carbons (Fsp3) is 0.423. The quantitative estimate of drug-likeness (QED) is 0.374. The van der Waals surface area contributed by atoms with Gasteiger partial charge < -0.3 is 14.6 Å². The topological polar surface area (TPSA) is 69.0 Å². The van der Waals surface area contributed by atoms with Gasteiger partial charge in [-0.05, 0) is 60.6 Å². The number of halogens is 1. The number of ether oxygens (including phenoxy) is 1. The van der Waals surface area contributed by atoms with Gasteiger partial charge in [-0.25, -0.2) is 4.39 Å². The highest BCUT2D eigenvalue weighted by Crippen LogP contribution is 2.36. The molecule has 1 atom stereocenters. The van der Waals surface area contributed by atoms with Crippen LogP contribution in [-0.4, -0.2) is 26.7 Å². The van der Waals surface area contributed by atoms with Crippen molar-refractivity contribution in [2.75, 3.05) is 0 Å². The van der Waals surface area contributed by atoms with Gasteiger partial charge in [-0.3, -0.25) is 4.79 Å². The third-order valence-electron chi connectivity index (χ3n) is 5.60. The van der Waals surface area contributed by atoms with Crippen molar-refractivity contribution in [3.63, 3.8) is 0 Å². The van der Waals surface area contributed by atoms with Gasteiger partial charge in [-0.15, -0.1) is 10.2 Å². The van der Waals surface area contributed by atoms with E-state index in [0.29, 0.717) is 23.4 Å². The number of nitrogens with one attached hydrogen (secondary N) is 1. The van der Waals surface area contributed by atoms with Crippen molar-refractivity contribution < 1.29 is 13.9 Å². The van der Waals surface area contributed by atoms with Gasteiger partial charge in [0.05, 0.1) is 0 Å². The van der Waals surface area contributed by atoms with E-state index in [9.17, 15) is 9.18 Å². The first kappa shape index (κ1) is 24.3. The Balaban J connectivity index is 1.55. The average Bonchev–Trinajstić information content (AvgIpc) is 3.57. The Morgan fingerprint density at radius 2 is 1.85 bits per heavy atom. The van der Waals surface area contributed by atoms with Gasteiger partial charge in [-0.2, -0.15) is 0 Å². The van der Waals surface area contributed by atoms with Crippen LogP contribution in [0.1, 0.15) is 55.8 Å². The van der Waals surface area contributed by atoms with Gasteiger partial charge in [0.1, 0.15) is 23.4 Å². The summed E-state index contributed by atoms with van der Waals surface area (Å²) in [5.41, 5.74) is 1.99. The first-order valence-electron chi connectivity index (χ1n) is 11.8. The van der Waals surface area contributed by atoms with E-state index in [1.165, 1.54) is 29.5 Å². The Hall–Kier alpha value is -2.87. The van der Waals surface area contributed by atoms with Crippen molar-refractivity contribution in [3.8, 4) is 5.75 Å². The maximum atomic E-state index is 13.5. The zero-order chi connectivity index (χ0) is 24.1. The van der Waals surface area contributed by atoms with Crippen molar-refractivity contribution in [1.82, 2.24) is 20.1 Å². The zero-order valence-electron chi connectivity index (χ0n) is 19.8. The summed E-state index contributed by atoms with van der Waals surface area (Å²) in [5.74, 6) is 1.41. The summed E-state index contributed by atoms with van der Waals surface area (Å²) in [6.45, 7) is 7.34. The van der Waals surface area contributed by atoms with Crippen LogP contribution in [0.15, 0.2) is 53.7 Å². The molecule has 0 saturated heterocycles. The van der Waals surface area contributed by atoms with Crippen molar-refractivity contribution in [2.45, 2.75) is 69.6 Å². The summed E-state index contributed by atoms with van der Waals surface area (Å²) in [5, 5.41) is 12.0. The Bertz CT molecular complexity index is 1090. The Morgan fingerprint density at radius 1 is 1.15 bits per heavy atom. The van der Waals surface area contributed by atoms with Crippen LogP contribution in [0.5, 0.6) is 5.75 Å². The van der Waals surface area contributed by atoms with Crippen LogP contribution >= 0.6 is 11.8 Å². The van der Waals surface area contributed by atoms with E-state index in [1.54, 1.807) is 12.1 Å². The number of carbonyl (C=O) groups excluding carboxylic acids is 1. The van der Waals surface area contributed by atoms with Gasteiger partial charge in [0.25, 0.3) is 0 Å². The molecule has 1 aliphatic carbocycles. The molecule has 1 N–H and O–H groups in total. The standard InChI is InChI=1S/C26H31FN4O2S/c1-4-18-5-13-22(14-6-18)33-16-23-29-30-26(31(23)15-17(2)3)34-24(25(32)28-21-11-12-21)19-7-9-20(27)10-8-19/h5-10,13-14,17,21,24H,4,11-12,15-16H2,1-3H3,(H,28,32). The number of amides is 1. The third-order valence-corrected chi connectivity index (χ3v) is 6.83. The molecular weight excluding hydrogens is 451 g/mol. The van der Waals surface area contributed by atoms with Gasteiger partial charge in [-0.1, -0.05) is 56.8 Å². The number of hydrogen-bond donors (Lipinski definition) is 1. The summed E-state index contributed by atoms with van der Waals surface area (Å²) < 4.78 is 21.5. The van der Waals surface area contributed by atoms with Crippen LogP contribution in [0.4, 0.5) is 4.39 Å². The highest BCUT2D eigenvalue weighted by molar-refractivity contribution is 8.00. The second-order valence-electron chi connectivity index (χ2n) is 9.02. The van der Waals surface area contributed by atoms with Gasteiger partial charge in [0, 0.05) is 12.6 Å². The molecule has 1 aromatic heterocycles. The lowest BCUT2D eigenvalue weighted by atomic mass is 10.1. The lowest BCUT2D eigenvalue weighted by Crippen LogP contribution is -2.30. The third kappa shape index (κ3) is 6.38. The highest BCUT2D eigenvalue weighted by atomic mass is 32.2. The van der Waals surface area contributed by atoms with E-state index >= 15 is 0 Å². The second-order valence-corrected chi connectivity index (χ2v) is 10.1. The SMILES string of the molecule is CCc1ccc(OCc2nnc(SC(C(=O)NC3CC3)c3ccc(F)cc3)n2CC(C)C)cc1. The number of rotatable bonds is 11. The first-order valence-corrected chi connectivity index (χ1v) is 12.7.